The Kier molecular flexibility index (Phi) is 4.38. The van der Waals surface area contributed by atoms with E-state index in [4.69, 9.17) is 0 Å². The minimum Gasteiger partial charge on any atom is -0.279 e. The van der Waals surface area contributed by atoms with Crippen LogP contribution in [0.25, 0.3) is 0 Å². The fourth-order valence-electron chi connectivity index (χ4n) is 2.96. The Hall–Kier alpha value is -1.23. The smallest absolute Gasteiger partial charge is 0.279 e. The molecule has 3 rings (SSSR count). The summed E-state index contributed by atoms with van der Waals surface area (Å²) in [5.74, 6) is -0.278. The molecule has 3 heterocycles. The highest BCUT2D eigenvalue weighted by Gasteiger charge is 2.41. The van der Waals surface area contributed by atoms with Crippen LogP contribution in [-0.4, -0.2) is 46.4 Å². The predicted octanol–water partition coefficient (Wildman–Crippen LogP) is 2.11. The van der Waals surface area contributed by atoms with E-state index in [9.17, 15) is 9.36 Å². The van der Waals surface area contributed by atoms with Crippen molar-refractivity contribution in [1.82, 2.24) is 19.4 Å². The second-order valence-electron chi connectivity index (χ2n) is 5.54. The molecule has 1 N–H and O–H groups in total. The molecule has 21 heavy (non-hydrogen) atoms. The van der Waals surface area contributed by atoms with Crippen molar-refractivity contribution in [3.8, 4) is 0 Å². The zero-order valence-electron chi connectivity index (χ0n) is 12.1. The zero-order valence-corrected chi connectivity index (χ0v) is 13.0. The molecule has 0 unspecified atom stereocenters. The van der Waals surface area contributed by atoms with Crippen LogP contribution in [0.3, 0.4) is 0 Å². The largest absolute Gasteiger partial charge is 0.311 e. The van der Waals surface area contributed by atoms with E-state index >= 15 is 0 Å². The lowest BCUT2D eigenvalue weighted by atomic mass is 10.3. The van der Waals surface area contributed by atoms with Crippen molar-refractivity contribution in [3.63, 3.8) is 0 Å². The standard InChI is InChI=1S/C14H21N4O2P/c19-14(13-5-7-15-8-6-13)16-21(20,17-9-1-2-10-17)18-11-3-4-12-18/h5-8H,1-4,9-12H2,(H,16,19,20). The van der Waals surface area contributed by atoms with Gasteiger partial charge in [-0.25, -0.2) is 9.34 Å². The monoisotopic (exact) mass is 308 g/mol. The molecule has 0 bridgehead atoms. The molecule has 1 aromatic heterocycles. The number of amides is 1. The highest BCUT2D eigenvalue weighted by Crippen LogP contribution is 2.52. The molecule has 2 aliphatic heterocycles. The Labute approximate surface area is 125 Å². The van der Waals surface area contributed by atoms with Gasteiger partial charge in [-0.15, -0.1) is 0 Å². The fraction of sp³-hybridized carbons (Fsp3) is 0.571. The third-order valence-corrected chi connectivity index (χ3v) is 6.95. The molecular formula is C14H21N4O2P. The summed E-state index contributed by atoms with van der Waals surface area (Å²) in [7, 11) is -2.99. The molecule has 0 radical (unpaired) electrons. The van der Waals surface area contributed by atoms with E-state index in [1.54, 1.807) is 24.5 Å². The molecule has 7 heteroatoms. The lowest BCUT2D eigenvalue weighted by Crippen LogP contribution is -2.38. The molecule has 1 aromatic rings. The molecule has 1 amide bonds. The molecule has 0 atom stereocenters. The van der Waals surface area contributed by atoms with Crippen LogP contribution in [0.1, 0.15) is 36.0 Å². The summed E-state index contributed by atoms with van der Waals surface area (Å²) in [6.45, 7) is 3.18. The first kappa shape index (κ1) is 14.7. The maximum atomic E-state index is 13.5. The van der Waals surface area contributed by atoms with Gasteiger partial charge in [-0.2, -0.15) is 0 Å². The molecule has 6 nitrogen and oxygen atoms in total. The van der Waals surface area contributed by atoms with E-state index in [2.05, 4.69) is 10.1 Å². The Balaban J connectivity index is 1.82. The average molecular weight is 308 g/mol. The first-order valence-corrected chi connectivity index (χ1v) is 9.15. The molecule has 0 saturated carbocycles. The van der Waals surface area contributed by atoms with Crippen molar-refractivity contribution in [2.45, 2.75) is 25.7 Å². The number of carbonyl (C=O) groups excluding carboxylic acids is 1. The highest BCUT2D eigenvalue weighted by molar-refractivity contribution is 7.57. The average Bonchev–Trinajstić information content (AvgIpc) is 3.21. The summed E-state index contributed by atoms with van der Waals surface area (Å²) >= 11 is 0. The van der Waals surface area contributed by atoms with Gasteiger partial charge in [-0.05, 0) is 37.8 Å². The van der Waals surface area contributed by atoms with Gasteiger partial charge in [0.25, 0.3) is 5.91 Å². The van der Waals surface area contributed by atoms with Gasteiger partial charge in [-0.3, -0.25) is 19.4 Å². The third kappa shape index (κ3) is 3.03. The Morgan fingerprint density at radius 2 is 1.48 bits per heavy atom. The quantitative estimate of drug-likeness (QED) is 0.863. The third-order valence-electron chi connectivity index (χ3n) is 4.12. The summed E-state index contributed by atoms with van der Waals surface area (Å²) in [6, 6.07) is 3.29. The highest BCUT2D eigenvalue weighted by atomic mass is 31.2. The number of nitrogens with zero attached hydrogens (tertiary/aromatic N) is 3. The van der Waals surface area contributed by atoms with Gasteiger partial charge in [-0.1, -0.05) is 0 Å². The predicted molar refractivity (Wildman–Crippen MR) is 80.9 cm³/mol. The Morgan fingerprint density at radius 3 is 1.95 bits per heavy atom. The van der Waals surface area contributed by atoms with Gasteiger partial charge in [0.1, 0.15) is 0 Å². The number of carbonyl (C=O) groups is 1. The van der Waals surface area contributed by atoms with Crippen LogP contribution >= 0.6 is 7.59 Å². The zero-order chi connectivity index (χ0) is 14.7. The van der Waals surface area contributed by atoms with Crippen LogP contribution < -0.4 is 5.09 Å². The number of hydrogen-bond acceptors (Lipinski definition) is 3. The van der Waals surface area contributed by atoms with Gasteiger partial charge < -0.3 is 0 Å². The van der Waals surface area contributed by atoms with Crippen molar-refractivity contribution in [3.05, 3.63) is 30.1 Å². The van der Waals surface area contributed by atoms with Gasteiger partial charge >= 0.3 is 7.59 Å². The number of rotatable bonds is 4. The minimum atomic E-state index is -2.99. The van der Waals surface area contributed by atoms with Crippen LogP contribution in [0.4, 0.5) is 0 Å². The molecule has 114 valence electrons. The van der Waals surface area contributed by atoms with E-state index in [-0.39, 0.29) is 5.91 Å². The van der Waals surface area contributed by atoms with Crippen LogP contribution in [0.15, 0.2) is 24.5 Å². The molecule has 2 saturated heterocycles. The lowest BCUT2D eigenvalue weighted by Gasteiger charge is -2.34. The van der Waals surface area contributed by atoms with Crippen LogP contribution in [0, 0.1) is 0 Å². The van der Waals surface area contributed by atoms with E-state index in [1.807, 2.05) is 9.34 Å². The van der Waals surface area contributed by atoms with E-state index < -0.39 is 7.59 Å². The van der Waals surface area contributed by atoms with Crippen LogP contribution in [0.5, 0.6) is 0 Å². The van der Waals surface area contributed by atoms with Crippen LogP contribution in [0.2, 0.25) is 0 Å². The first-order valence-electron chi connectivity index (χ1n) is 7.54. The first-order chi connectivity index (χ1) is 10.2. The number of pyridine rings is 1. The molecular weight excluding hydrogens is 287 g/mol. The van der Waals surface area contributed by atoms with Gasteiger partial charge in [0.2, 0.25) is 0 Å². The summed E-state index contributed by atoms with van der Waals surface area (Å²) < 4.78 is 17.4. The summed E-state index contributed by atoms with van der Waals surface area (Å²) in [4.78, 5) is 16.3. The topological polar surface area (TPSA) is 65.5 Å². The van der Waals surface area contributed by atoms with Gasteiger partial charge in [0.15, 0.2) is 0 Å². The maximum Gasteiger partial charge on any atom is 0.311 e. The second kappa shape index (κ2) is 6.26. The summed E-state index contributed by atoms with van der Waals surface area (Å²) in [5.41, 5.74) is 0.503. The van der Waals surface area contributed by atoms with Crippen molar-refractivity contribution in [1.29, 1.82) is 0 Å². The van der Waals surface area contributed by atoms with Crippen molar-refractivity contribution in [2.24, 2.45) is 0 Å². The molecule has 2 aliphatic rings. The van der Waals surface area contributed by atoms with E-state index in [0.717, 1.165) is 51.9 Å². The Morgan fingerprint density at radius 1 is 1.00 bits per heavy atom. The van der Waals surface area contributed by atoms with Gasteiger partial charge in [0.05, 0.1) is 0 Å². The van der Waals surface area contributed by atoms with E-state index in [1.165, 1.54) is 0 Å². The lowest BCUT2D eigenvalue weighted by molar-refractivity contribution is 0.0974. The van der Waals surface area contributed by atoms with Gasteiger partial charge in [0, 0.05) is 44.1 Å². The summed E-state index contributed by atoms with van der Waals surface area (Å²) in [6.07, 6.45) is 7.33. The molecule has 0 aromatic carbocycles. The SMILES string of the molecule is O=C(NP(=O)(N1CCCC1)N1CCCC1)c1ccncc1. The normalized spacial score (nSPS) is 20.8. The molecule has 0 spiro atoms. The Bertz CT molecular complexity index is 519. The number of aromatic nitrogens is 1. The maximum absolute atomic E-state index is 13.5. The van der Waals surface area contributed by atoms with Crippen molar-refractivity contribution >= 4 is 13.5 Å². The molecule has 0 aliphatic carbocycles. The fourth-order valence-corrected chi connectivity index (χ4v) is 5.65. The number of nitrogens with one attached hydrogen (secondary N) is 1. The van der Waals surface area contributed by atoms with Crippen molar-refractivity contribution in [2.75, 3.05) is 26.2 Å². The summed E-state index contributed by atoms with van der Waals surface area (Å²) in [5, 5.41) is 2.83. The number of hydrogen-bond donors (Lipinski definition) is 1. The van der Waals surface area contributed by atoms with E-state index in [0.29, 0.717) is 5.56 Å². The van der Waals surface area contributed by atoms with Crippen LogP contribution in [-0.2, 0) is 4.57 Å². The second-order valence-corrected chi connectivity index (χ2v) is 7.99. The van der Waals surface area contributed by atoms with Crippen molar-refractivity contribution < 1.29 is 9.36 Å². The molecule has 2 fully saturated rings. The minimum absolute atomic E-state index is 0.278.